The third-order valence-corrected chi connectivity index (χ3v) is 2.81. The maximum absolute atomic E-state index is 5.69. The maximum atomic E-state index is 5.69. The molecule has 2 rings (SSSR count). The average molecular weight is 196 g/mol. The van der Waals surface area contributed by atoms with Crippen LogP contribution in [0.25, 0.3) is 0 Å². The Morgan fingerprint density at radius 2 is 2.31 bits per heavy atom. The fourth-order valence-electron chi connectivity index (χ4n) is 1.46. The molecule has 1 aromatic rings. The number of nitrogens with two attached hydrogens (primary N) is 1. The minimum atomic E-state index is 0.139. The molecule has 0 saturated heterocycles. The van der Waals surface area contributed by atoms with Crippen molar-refractivity contribution in [3.63, 3.8) is 0 Å². The summed E-state index contributed by atoms with van der Waals surface area (Å²) < 4.78 is 5.69. The van der Waals surface area contributed by atoms with E-state index in [4.69, 9.17) is 10.6 Å². The summed E-state index contributed by atoms with van der Waals surface area (Å²) in [7, 11) is 0. The normalized spacial score (nSPS) is 20.5. The third-order valence-electron chi connectivity index (χ3n) is 2.08. The molecule has 1 heterocycles. The van der Waals surface area contributed by atoms with Gasteiger partial charge in [0.1, 0.15) is 5.75 Å². The van der Waals surface area contributed by atoms with Crippen LogP contribution in [0.15, 0.2) is 24.3 Å². The monoisotopic (exact) mass is 196 g/mol. The van der Waals surface area contributed by atoms with E-state index in [0.717, 1.165) is 18.6 Å². The topological polar surface area (TPSA) is 47.3 Å². The molecule has 13 heavy (non-hydrogen) atoms. The zero-order chi connectivity index (χ0) is 9.10. The molecule has 0 bridgehead atoms. The van der Waals surface area contributed by atoms with Gasteiger partial charge in [-0.05, 0) is 36.4 Å². The van der Waals surface area contributed by atoms with E-state index in [1.165, 1.54) is 17.5 Å². The molecule has 4 heteroatoms. The lowest BCUT2D eigenvalue weighted by atomic mass is 10.1. The number of hydrazine groups is 1. The number of nitrogens with one attached hydrogen (secondary N) is 1. The number of fused-ring (bicyclic) bond motifs is 1. The molecule has 1 aliphatic rings. The molecule has 1 aliphatic heterocycles. The minimum absolute atomic E-state index is 0.139. The summed E-state index contributed by atoms with van der Waals surface area (Å²) in [6.45, 7) is 0. The van der Waals surface area contributed by atoms with E-state index < -0.39 is 0 Å². The zero-order valence-corrected chi connectivity index (χ0v) is 8.01. The van der Waals surface area contributed by atoms with E-state index in [2.05, 4.69) is 10.9 Å². The lowest BCUT2D eigenvalue weighted by molar-refractivity contribution is 0.255. The molecule has 0 aliphatic carbocycles. The first kappa shape index (κ1) is 8.87. The quantitative estimate of drug-likeness (QED) is 0.427. The van der Waals surface area contributed by atoms with Gasteiger partial charge in [-0.3, -0.25) is 5.84 Å². The number of hydrogen-bond donors (Lipinski definition) is 2. The Balaban J connectivity index is 2.11. The lowest BCUT2D eigenvalue weighted by Crippen LogP contribution is -2.25. The lowest BCUT2D eigenvalue weighted by Gasteiger charge is -2.24. The van der Waals surface area contributed by atoms with Crippen LogP contribution in [0.2, 0.25) is 0 Å². The summed E-state index contributed by atoms with van der Waals surface area (Å²) in [6, 6.07) is 8.13. The molecule has 0 fully saturated rings. The van der Waals surface area contributed by atoms with Crippen LogP contribution in [0.5, 0.6) is 5.75 Å². The molecule has 0 radical (unpaired) electrons. The summed E-state index contributed by atoms with van der Waals surface area (Å²) >= 11 is 1.42. The number of benzene rings is 1. The second-order valence-electron chi connectivity index (χ2n) is 2.93. The van der Waals surface area contributed by atoms with Crippen molar-refractivity contribution in [3.8, 4) is 5.75 Å². The molecule has 1 atom stereocenters. The van der Waals surface area contributed by atoms with Crippen LogP contribution >= 0.6 is 11.9 Å². The van der Waals surface area contributed by atoms with Gasteiger partial charge in [0.2, 0.25) is 0 Å². The summed E-state index contributed by atoms with van der Waals surface area (Å²) in [5, 5.41) is 0. The molecule has 1 aromatic carbocycles. The van der Waals surface area contributed by atoms with Crippen LogP contribution in [0.4, 0.5) is 0 Å². The molecule has 0 spiro atoms. The first-order chi connectivity index (χ1) is 6.40. The van der Waals surface area contributed by atoms with Gasteiger partial charge in [0.25, 0.3) is 0 Å². The number of rotatable bonds is 2. The first-order valence-electron chi connectivity index (χ1n) is 4.26. The van der Waals surface area contributed by atoms with Gasteiger partial charge in [0.15, 0.2) is 5.44 Å². The Bertz CT molecular complexity index is 293. The van der Waals surface area contributed by atoms with Crippen molar-refractivity contribution in [1.82, 2.24) is 4.83 Å². The van der Waals surface area contributed by atoms with E-state index in [9.17, 15) is 0 Å². The highest BCUT2D eigenvalue weighted by molar-refractivity contribution is 7.97. The summed E-state index contributed by atoms with van der Waals surface area (Å²) in [6.07, 6.45) is 2.07. The molecule has 0 aromatic heterocycles. The predicted octanol–water partition coefficient (Wildman–Crippen LogP) is 1.45. The van der Waals surface area contributed by atoms with Crippen LogP contribution in [-0.4, -0.2) is 5.44 Å². The third kappa shape index (κ3) is 1.96. The molecule has 0 amide bonds. The molecule has 3 N–H and O–H groups in total. The fourth-order valence-corrected chi connectivity index (χ4v) is 2.00. The largest absolute Gasteiger partial charge is 0.478 e. The predicted molar refractivity (Wildman–Crippen MR) is 54.1 cm³/mol. The van der Waals surface area contributed by atoms with Crippen molar-refractivity contribution in [2.75, 3.05) is 0 Å². The summed E-state index contributed by atoms with van der Waals surface area (Å²) in [4.78, 5) is 2.56. The van der Waals surface area contributed by atoms with Crippen LogP contribution in [0.3, 0.4) is 0 Å². The first-order valence-corrected chi connectivity index (χ1v) is 5.14. The molecule has 70 valence electrons. The van der Waals surface area contributed by atoms with Crippen molar-refractivity contribution in [1.29, 1.82) is 0 Å². The van der Waals surface area contributed by atoms with Crippen molar-refractivity contribution in [2.24, 2.45) is 5.84 Å². The molecular weight excluding hydrogens is 184 g/mol. The van der Waals surface area contributed by atoms with Crippen LogP contribution < -0.4 is 15.4 Å². The Morgan fingerprint density at radius 1 is 1.46 bits per heavy atom. The SMILES string of the molecule is NNSC1CCc2ccccc2O1. The Labute approximate surface area is 81.8 Å². The number of aryl methyl sites for hydroxylation is 1. The second-order valence-corrected chi connectivity index (χ2v) is 3.93. The Kier molecular flexibility index (Phi) is 2.73. The minimum Gasteiger partial charge on any atom is -0.478 e. The van der Waals surface area contributed by atoms with Gasteiger partial charge in [-0.2, -0.15) is 0 Å². The van der Waals surface area contributed by atoms with Crippen molar-refractivity contribution >= 4 is 11.9 Å². The van der Waals surface area contributed by atoms with E-state index in [0.29, 0.717) is 0 Å². The highest BCUT2D eigenvalue weighted by Gasteiger charge is 2.18. The van der Waals surface area contributed by atoms with Crippen LogP contribution in [0, 0.1) is 0 Å². The smallest absolute Gasteiger partial charge is 0.159 e. The van der Waals surface area contributed by atoms with Crippen molar-refractivity contribution < 1.29 is 4.74 Å². The molecular formula is C9H12N2OS. The number of ether oxygens (including phenoxy) is 1. The van der Waals surface area contributed by atoms with Gasteiger partial charge in [0.05, 0.1) is 0 Å². The highest BCUT2D eigenvalue weighted by Crippen LogP contribution is 2.30. The zero-order valence-electron chi connectivity index (χ0n) is 7.19. The Morgan fingerprint density at radius 3 is 3.15 bits per heavy atom. The molecule has 1 unspecified atom stereocenters. The average Bonchev–Trinajstić information content (AvgIpc) is 2.18. The molecule has 0 saturated carbocycles. The van der Waals surface area contributed by atoms with Gasteiger partial charge in [-0.15, -0.1) is 0 Å². The summed E-state index contributed by atoms with van der Waals surface area (Å²) in [5.74, 6) is 6.20. The van der Waals surface area contributed by atoms with Crippen molar-refractivity contribution in [3.05, 3.63) is 29.8 Å². The van der Waals surface area contributed by atoms with Crippen LogP contribution in [0.1, 0.15) is 12.0 Å². The van der Waals surface area contributed by atoms with Gasteiger partial charge in [-0.1, -0.05) is 18.2 Å². The highest BCUT2D eigenvalue weighted by atomic mass is 32.2. The Hall–Kier alpha value is -0.710. The summed E-state index contributed by atoms with van der Waals surface area (Å²) in [5.41, 5.74) is 1.43. The fraction of sp³-hybridized carbons (Fsp3) is 0.333. The van der Waals surface area contributed by atoms with E-state index in [1.54, 1.807) is 0 Å². The van der Waals surface area contributed by atoms with Gasteiger partial charge in [0, 0.05) is 0 Å². The van der Waals surface area contributed by atoms with Gasteiger partial charge in [-0.25, -0.2) is 4.83 Å². The van der Waals surface area contributed by atoms with Gasteiger partial charge >= 0.3 is 0 Å². The van der Waals surface area contributed by atoms with E-state index >= 15 is 0 Å². The van der Waals surface area contributed by atoms with Crippen molar-refractivity contribution in [2.45, 2.75) is 18.3 Å². The van der Waals surface area contributed by atoms with E-state index in [1.807, 2.05) is 18.2 Å². The van der Waals surface area contributed by atoms with E-state index in [-0.39, 0.29) is 5.44 Å². The number of hydrogen-bond acceptors (Lipinski definition) is 4. The van der Waals surface area contributed by atoms with Crippen LogP contribution in [-0.2, 0) is 6.42 Å². The molecule has 3 nitrogen and oxygen atoms in total. The van der Waals surface area contributed by atoms with Gasteiger partial charge < -0.3 is 4.74 Å². The second kappa shape index (κ2) is 4.00. The standard InChI is InChI=1S/C9H12N2OS/c10-11-13-9-6-5-7-3-1-2-4-8(7)12-9/h1-4,9,11H,5-6,10H2. The number of para-hydroxylation sites is 1. The maximum Gasteiger partial charge on any atom is 0.159 e.